The Hall–Kier alpha value is -3.27. The van der Waals surface area contributed by atoms with E-state index >= 15 is 0 Å². The van der Waals surface area contributed by atoms with Crippen LogP contribution in [-0.2, 0) is 0 Å². The van der Waals surface area contributed by atoms with Crippen molar-refractivity contribution in [3.63, 3.8) is 0 Å². The Morgan fingerprint density at radius 3 is 2.35 bits per heavy atom. The molecule has 0 fully saturated rings. The minimum atomic E-state index is 0.806. The van der Waals surface area contributed by atoms with Crippen LogP contribution in [0, 0.1) is 0 Å². The van der Waals surface area contributed by atoms with Crippen molar-refractivity contribution in [3.05, 3.63) is 85.3 Å². The molecule has 0 aliphatic rings. The third-order valence-corrected chi connectivity index (χ3v) is 3.69. The molecule has 0 bridgehead atoms. The molecule has 2 aromatic carbocycles. The van der Waals surface area contributed by atoms with Crippen LogP contribution >= 0.6 is 0 Å². The van der Waals surface area contributed by atoms with Gasteiger partial charge in [0.05, 0.1) is 11.9 Å². The van der Waals surface area contributed by atoms with Gasteiger partial charge in [0.1, 0.15) is 5.69 Å². The topological polar surface area (TPSA) is 43.6 Å². The third-order valence-electron chi connectivity index (χ3n) is 3.69. The van der Waals surface area contributed by atoms with Gasteiger partial charge in [-0.05, 0) is 23.8 Å². The Morgan fingerprint density at radius 1 is 0.739 bits per heavy atom. The predicted octanol–water partition coefficient (Wildman–Crippen LogP) is 4.00. The first kappa shape index (κ1) is 13.4. The van der Waals surface area contributed by atoms with Gasteiger partial charge in [-0.15, -0.1) is 5.10 Å². The molecule has 4 nitrogen and oxygen atoms in total. The summed E-state index contributed by atoms with van der Waals surface area (Å²) < 4.78 is 1.81. The van der Waals surface area contributed by atoms with E-state index in [0.29, 0.717) is 0 Å². The average molecular weight is 298 g/mol. The second kappa shape index (κ2) is 5.85. The molecule has 0 spiro atoms. The van der Waals surface area contributed by atoms with E-state index in [-0.39, 0.29) is 0 Å². The molecule has 0 N–H and O–H groups in total. The monoisotopic (exact) mass is 298 g/mol. The lowest BCUT2D eigenvalue weighted by Gasteiger charge is -2.08. The predicted molar refractivity (Wildman–Crippen MR) is 90.0 cm³/mol. The molecule has 0 atom stereocenters. The van der Waals surface area contributed by atoms with Crippen LogP contribution < -0.4 is 0 Å². The van der Waals surface area contributed by atoms with Crippen LogP contribution in [-0.4, -0.2) is 20.0 Å². The molecule has 23 heavy (non-hydrogen) atoms. The molecule has 0 saturated heterocycles. The minimum Gasteiger partial charge on any atom is -0.264 e. The van der Waals surface area contributed by atoms with E-state index in [1.54, 1.807) is 12.4 Å². The zero-order valence-electron chi connectivity index (χ0n) is 12.4. The van der Waals surface area contributed by atoms with Crippen LogP contribution in [0.5, 0.6) is 0 Å². The first-order chi connectivity index (χ1) is 11.4. The van der Waals surface area contributed by atoms with Gasteiger partial charge in [0, 0.05) is 23.5 Å². The lowest BCUT2D eigenvalue weighted by Crippen LogP contribution is -1.97. The lowest BCUT2D eigenvalue weighted by molar-refractivity contribution is 0.805. The second-order valence-corrected chi connectivity index (χ2v) is 5.17. The van der Waals surface area contributed by atoms with E-state index in [1.807, 2.05) is 59.4 Å². The number of rotatable bonds is 3. The van der Waals surface area contributed by atoms with Gasteiger partial charge in [0.25, 0.3) is 0 Å². The Labute approximate surface area is 134 Å². The molecule has 0 radical (unpaired) electrons. The van der Waals surface area contributed by atoms with Crippen molar-refractivity contribution in [2.24, 2.45) is 0 Å². The van der Waals surface area contributed by atoms with Crippen molar-refractivity contribution >= 4 is 0 Å². The highest BCUT2D eigenvalue weighted by molar-refractivity contribution is 5.73. The molecule has 4 rings (SSSR count). The standard InChI is InChI=1S/C19H14N4/c1-2-7-15(8-3-1)17-10-4-5-11-19(17)23-14-18(21-22-23)16-9-6-12-20-13-16/h1-14H. The minimum absolute atomic E-state index is 0.806. The van der Waals surface area contributed by atoms with Crippen LogP contribution in [0.25, 0.3) is 28.1 Å². The number of pyridine rings is 1. The summed E-state index contributed by atoms with van der Waals surface area (Å²) >= 11 is 0. The van der Waals surface area contributed by atoms with E-state index < -0.39 is 0 Å². The zero-order valence-corrected chi connectivity index (χ0v) is 12.4. The van der Waals surface area contributed by atoms with Crippen molar-refractivity contribution in [1.82, 2.24) is 20.0 Å². The molecule has 0 amide bonds. The number of nitrogens with zero attached hydrogens (tertiary/aromatic N) is 4. The van der Waals surface area contributed by atoms with Crippen molar-refractivity contribution in [1.29, 1.82) is 0 Å². The smallest absolute Gasteiger partial charge is 0.115 e. The van der Waals surface area contributed by atoms with Gasteiger partial charge in [0.15, 0.2) is 0 Å². The first-order valence-electron chi connectivity index (χ1n) is 7.39. The molecule has 2 aromatic heterocycles. The van der Waals surface area contributed by atoms with Crippen molar-refractivity contribution in [3.8, 4) is 28.1 Å². The molecular formula is C19H14N4. The summed E-state index contributed by atoms with van der Waals surface area (Å²) in [6.45, 7) is 0. The van der Waals surface area contributed by atoms with Crippen LogP contribution in [0.4, 0.5) is 0 Å². The molecule has 2 heterocycles. The Morgan fingerprint density at radius 2 is 1.52 bits per heavy atom. The number of benzene rings is 2. The van der Waals surface area contributed by atoms with E-state index in [0.717, 1.165) is 28.1 Å². The van der Waals surface area contributed by atoms with Gasteiger partial charge in [-0.3, -0.25) is 4.98 Å². The summed E-state index contributed by atoms with van der Waals surface area (Å²) in [5.74, 6) is 0. The fourth-order valence-corrected chi connectivity index (χ4v) is 2.56. The highest BCUT2D eigenvalue weighted by Gasteiger charge is 2.09. The van der Waals surface area contributed by atoms with Crippen molar-refractivity contribution in [2.45, 2.75) is 0 Å². The summed E-state index contributed by atoms with van der Waals surface area (Å²) in [6, 6.07) is 22.3. The fourth-order valence-electron chi connectivity index (χ4n) is 2.56. The maximum absolute atomic E-state index is 4.29. The van der Waals surface area contributed by atoms with E-state index in [2.05, 4.69) is 33.5 Å². The van der Waals surface area contributed by atoms with Crippen molar-refractivity contribution in [2.75, 3.05) is 0 Å². The van der Waals surface area contributed by atoms with Gasteiger partial charge >= 0.3 is 0 Å². The van der Waals surface area contributed by atoms with Crippen molar-refractivity contribution < 1.29 is 0 Å². The van der Waals surface area contributed by atoms with Crippen LogP contribution in [0.1, 0.15) is 0 Å². The van der Waals surface area contributed by atoms with E-state index in [9.17, 15) is 0 Å². The third kappa shape index (κ3) is 2.62. The van der Waals surface area contributed by atoms with E-state index in [1.165, 1.54) is 0 Å². The normalized spacial score (nSPS) is 10.6. The van der Waals surface area contributed by atoms with Gasteiger partial charge in [-0.25, -0.2) is 4.68 Å². The Balaban J connectivity index is 1.79. The van der Waals surface area contributed by atoms with Crippen LogP contribution in [0.2, 0.25) is 0 Å². The number of para-hydroxylation sites is 1. The summed E-state index contributed by atoms with van der Waals surface area (Å²) in [5.41, 5.74) is 5.04. The maximum Gasteiger partial charge on any atom is 0.115 e. The molecule has 4 aromatic rings. The average Bonchev–Trinajstić information content (AvgIpc) is 3.13. The number of aromatic nitrogens is 4. The Bertz CT molecular complexity index is 914. The molecule has 4 heteroatoms. The van der Waals surface area contributed by atoms with Gasteiger partial charge < -0.3 is 0 Å². The maximum atomic E-state index is 4.29. The zero-order chi connectivity index (χ0) is 15.5. The lowest BCUT2D eigenvalue weighted by atomic mass is 10.0. The molecule has 0 aliphatic carbocycles. The van der Waals surface area contributed by atoms with Gasteiger partial charge in [0.2, 0.25) is 0 Å². The number of hydrogen-bond acceptors (Lipinski definition) is 3. The SMILES string of the molecule is c1ccc(-c2ccccc2-n2cc(-c3cccnc3)nn2)cc1. The number of hydrogen-bond donors (Lipinski definition) is 0. The molecular weight excluding hydrogens is 284 g/mol. The first-order valence-corrected chi connectivity index (χ1v) is 7.39. The highest BCUT2D eigenvalue weighted by Crippen LogP contribution is 2.26. The molecule has 110 valence electrons. The van der Waals surface area contributed by atoms with E-state index in [4.69, 9.17) is 0 Å². The fraction of sp³-hybridized carbons (Fsp3) is 0. The Kier molecular flexibility index (Phi) is 3.41. The second-order valence-electron chi connectivity index (χ2n) is 5.17. The van der Waals surface area contributed by atoms with Gasteiger partial charge in [-0.1, -0.05) is 53.7 Å². The van der Waals surface area contributed by atoms with Gasteiger partial charge in [-0.2, -0.15) is 0 Å². The van der Waals surface area contributed by atoms with Crippen LogP contribution in [0.3, 0.4) is 0 Å². The summed E-state index contributed by atoms with van der Waals surface area (Å²) in [4.78, 5) is 4.13. The highest BCUT2D eigenvalue weighted by atomic mass is 15.4. The summed E-state index contributed by atoms with van der Waals surface area (Å²) in [6.07, 6.45) is 5.47. The van der Waals surface area contributed by atoms with Crippen LogP contribution in [0.15, 0.2) is 85.3 Å². The molecule has 0 aliphatic heterocycles. The summed E-state index contributed by atoms with van der Waals surface area (Å²) in [7, 11) is 0. The molecule has 0 unspecified atom stereocenters. The largest absolute Gasteiger partial charge is 0.264 e. The quantitative estimate of drug-likeness (QED) is 0.574. The summed E-state index contributed by atoms with van der Waals surface area (Å²) in [5, 5.41) is 8.56. The molecule has 0 saturated carbocycles.